The van der Waals surface area contributed by atoms with Crippen LogP contribution >= 0.6 is 0 Å². The number of hydrogen-bond donors (Lipinski definition) is 9. The fourth-order valence-electron chi connectivity index (χ4n) is 11.9. The van der Waals surface area contributed by atoms with Crippen molar-refractivity contribution in [3.63, 3.8) is 0 Å². The molecule has 18 nitrogen and oxygen atoms in total. The van der Waals surface area contributed by atoms with E-state index >= 15 is 0 Å². The zero-order valence-electron chi connectivity index (χ0n) is 48.6. The summed E-state index contributed by atoms with van der Waals surface area (Å²) in [5, 5.41) is 27.3. The number of amides is 8. The highest BCUT2D eigenvalue weighted by Crippen LogP contribution is 2.33. The molecule has 9 N–H and O–H groups in total. The highest BCUT2D eigenvalue weighted by atomic mass is 16.2. The summed E-state index contributed by atoms with van der Waals surface area (Å²) in [6.45, 7) is 9.04. The van der Waals surface area contributed by atoms with E-state index in [0.717, 1.165) is 87.3 Å². The van der Waals surface area contributed by atoms with Crippen molar-refractivity contribution in [2.24, 2.45) is 11.3 Å². The number of likely N-dealkylation sites (N-methyl/N-ethyl adjacent to an activating group) is 2. The van der Waals surface area contributed by atoms with Crippen molar-refractivity contribution in [1.82, 2.24) is 47.4 Å². The molecule has 4 aliphatic rings. The molecule has 8 rings (SSSR count). The molecule has 0 bridgehead atoms. The lowest BCUT2D eigenvalue weighted by Crippen LogP contribution is -2.59. The first-order chi connectivity index (χ1) is 39.3. The molecule has 438 valence electrons. The van der Waals surface area contributed by atoms with Crippen LogP contribution in [-0.4, -0.2) is 115 Å². The SMILES string of the molecule is CNC(C)C(=O)N[C@H](C(=O)N[C@@H](Cc1ccc(NC(=O)c2ccc(C(=O)N[C@H]3C[C@@H](C(=O)N[C@@H]4CCCc5ccccc54)N(C(=O)C(NC(=O)[C@H](C)NC)C(C)(C)C)C3)cc2)cc1)C(=O)N[C@@H]1CCCc2ccccc21)C1CCCCC1. The molecular formula is C64H84N10O8. The number of anilines is 1. The molecule has 1 heterocycles. The summed E-state index contributed by atoms with van der Waals surface area (Å²) in [5.41, 5.74) is 5.52. The van der Waals surface area contributed by atoms with Gasteiger partial charge in [-0.2, -0.15) is 0 Å². The first-order valence-corrected chi connectivity index (χ1v) is 29.5. The number of likely N-dealkylation sites (tertiary alicyclic amines) is 1. The van der Waals surface area contributed by atoms with Crippen LogP contribution in [-0.2, 0) is 48.0 Å². The maximum atomic E-state index is 14.6. The Morgan fingerprint density at radius 1 is 0.573 bits per heavy atom. The molecule has 4 aromatic rings. The van der Waals surface area contributed by atoms with Gasteiger partial charge in [-0.3, -0.25) is 38.4 Å². The lowest BCUT2D eigenvalue weighted by Gasteiger charge is -2.36. The second kappa shape index (κ2) is 27.6. The maximum Gasteiger partial charge on any atom is 0.255 e. The second-order valence-electron chi connectivity index (χ2n) is 23.9. The van der Waals surface area contributed by atoms with E-state index in [-0.39, 0.29) is 72.1 Å². The molecular weight excluding hydrogens is 1040 g/mol. The number of aryl methyl sites for hydroxylation is 2. The normalized spacial score (nSPS) is 20.7. The van der Waals surface area contributed by atoms with Gasteiger partial charge in [-0.1, -0.05) is 101 Å². The van der Waals surface area contributed by atoms with E-state index in [4.69, 9.17) is 0 Å². The van der Waals surface area contributed by atoms with Gasteiger partial charge < -0.3 is 52.8 Å². The largest absolute Gasteiger partial charge is 0.347 e. The van der Waals surface area contributed by atoms with Crippen LogP contribution in [0.5, 0.6) is 0 Å². The van der Waals surface area contributed by atoms with Gasteiger partial charge in [-0.25, -0.2) is 0 Å². The predicted molar refractivity (Wildman–Crippen MR) is 315 cm³/mol. The maximum absolute atomic E-state index is 14.6. The third-order valence-electron chi connectivity index (χ3n) is 17.0. The number of fused-ring (bicyclic) bond motifs is 2. The minimum atomic E-state index is -0.976. The average molecular weight is 1120 g/mol. The Morgan fingerprint density at radius 2 is 1.12 bits per heavy atom. The molecule has 9 atom stereocenters. The van der Waals surface area contributed by atoms with Crippen LogP contribution in [0.2, 0.25) is 0 Å². The number of carbonyl (C=O) groups excluding carboxylic acids is 8. The van der Waals surface area contributed by atoms with E-state index in [0.29, 0.717) is 5.69 Å². The van der Waals surface area contributed by atoms with Gasteiger partial charge in [0.15, 0.2) is 0 Å². The van der Waals surface area contributed by atoms with E-state index in [9.17, 15) is 38.4 Å². The van der Waals surface area contributed by atoms with Crippen molar-refractivity contribution >= 4 is 52.9 Å². The van der Waals surface area contributed by atoms with Crippen LogP contribution in [0.4, 0.5) is 5.69 Å². The summed E-state index contributed by atoms with van der Waals surface area (Å²) >= 11 is 0. The molecule has 3 aliphatic carbocycles. The van der Waals surface area contributed by atoms with Crippen molar-refractivity contribution in [2.75, 3.05) is 26.0 Å². The lowest BCUT2D eigenvalue weighted by atomic mass is 9.83. The number of rotatable bonds is 20. The smallest absolute Gasteiger partial charge is 0.255 e. The lowest BCUT2D eigenvalue weighted by molar-refractivity contribution is -0.144. The van der Waals surface area contributed by atoms with Crippen molar-refractivity contribution in [3.05, 3.63) is 136 Å². The minimum absolute atomic E-state index is 0.0301. The Bertz CT molecular complexity index is 2940. The van der Waals surface area contributed by atoms with Crippen LogP contribution in [0.25, 0.3) is 0 Å². The van der Waals surface area contributed by atoms with Gasteiger partial charge in [-0.15, -0.1) is 0 Å². The summed E-state index contributed by atoms with van der Waals surface area (Å²) in [6, 6.07) is 23.5. The van der Waals surface area contributed by atoms with Gasteiger partial charge in [-0.05, 0) is 161 Å². The zero-order chi connectivity index (χ0) is 58.7. The molecule has 2 unspecified atom stereocenters. The molecule has 2 fully saturated rings. The summed E-state index contributed by atoms with van der Waals surface area (Å²) in [6.07, 6.45) is 10.00. The minimum Gasteiger partial charge on any atom is -0.347 e. The van der Waals surface area contributed by atoms with E-state index < -0.39 is 71.3 Å². The molecule has 1 saturated carbocycles. The van der Waals surface area contributed by atoms with E-state index in [1.807, 2.05) is 57.2 Å². The van der Waals surface area contributed by atoms with Crippen LogP contribution in [0.15, 0.2) is 97.1 Å². The van der Waals surface area contributed by atoms with Crippen molar-refractivity contribution in [1.29, 1.82) is 0 Å². The highest BCUT2D eigenvalue weighted by Gasteiger charge is 2.46. The van der Waals surface area contributed by atoms with Crippen molar-refractivity contribution in [2.45, 2.75) is 172 Å². The molecule has 8 amide bonds. The Hall–Kier alpha value is -7.44. The van der Waals surface area contributed by atoms with Crippen molar-refractivity contribution in [3.8, 4) is 0 Å². The predicted octanol–water partition coefficient (Wildman–Crippen LogP) is 5.86. The van der Waals surface area contributed by atoms with Crippen LogP contribution in [0.3, 0.4) is 0 Å². The first kappa shape index (κ1) is 60.7. The van der Waals surface area contributed by atoms with Gasteiger partial charge in [0.05, 0.1) is 24.2 Å². The number of benzene rings is 4. The molecule has 1 saturated heterocycles. The Morgan fingerprint density at radius 3 is 1.70 bits per heavy atom. The molecule has 18 heteroatoms. The fraction of sp³-hybridized carbons (Fsp3) is 0.500. The zero-order valence-corrected chi connectivity index (χ0v) is 48.6. The number of nitrogens with zero attached hydrogens (tertiary/aromatic N) is 1. The van der Waals surface area contributed by atoms with E-state index in [1.54, 1.807) is 76.5 Å². The quantitative estimate of drug-likeness (QED) is 0.0510. The van der Waals surface area contributed by atoms with Crippen LogP contribution in [0.1, 0.15) is 159 Å². The standard InChI is InChI=1S/C64H84N10O8/c1-38(65-6)56(75)72-54(43-19-9-8-10-20-43)62(81)71-52(60(79)69-50-25-15-21-41-17-11-13-23-48(41)50)35-40-27-33-46(34-28-40)67-58(77)44-29-31-45(32-30-44)59(78)68-47-36-53(61(80)70-51-26-16-22-42-18-12-14-24-49(42)51)74(37-47)63(82)55(64(3,4)5)73-57(76)39(2)66-7/h11-14,17-18,23-24,27-34,38-39,43,47,50-55,65-66H,8-10,15-16,19-22,25-26,35-37H2,1-7H3,(H,67,77)(H,68,78)(H,69,79)(H,70,80)(H,71,81)(H,72,75)(H,73,76)/t38?,39-,47-,50+,51+,52-,53-,54-,55?/m0/s1. The fourth-order valence-corrected chi connectivity index (χ4v) is 11.9. The monoisotopic (exact) mass is 1120 g/mol. The Balaban J connectivity index is 0.929. The third kappa shape index (κ3) is 15.2. The van der Waals surface area contributed by atoms with Gasteiger partial charge in [0, 0.05) is 35.8 Å². The number of hydrogen-bond acceptors (Lipinski definition) is 10. The summed E-state index contributed by atoms with van der Waals surface area (Å²) in [5.74, 6) is -3.09. The Kier molecular flexibility index (Phi) is 20.4. The molecule has 0 aromatic heterocycles. The molecule has 82 heavy (non-hydrogen) atoms. The van der Waals surface area contributed by atoms with E-state index in [2.05, 4.69) is 60.0 Å². The summed E-state index contributed by atoms with van der Waals surface area (Å²) in [7, 11) is 3.35. The Labute approximate surface area is 482 Å². The average Bonchev–Trinajstić information content (AvgIpc) is 4.02. The summed E-state index contributed by atoms with van der Waals surface area (Å²) < 4.78 is 0. The molecule has 0 radical (unpaired) electrons. The van der Waals surface area contributed by atoms with Gasteiger partial charge in [0.25, 0.3) is 11.8 Å². The topological polar surface area (TPSA) is 248 Å². The van der Waals surface area contributed by atoms with E-state index in [1.165, 1.54) is 16.0 Å². The molecule has 4 aromatic carbocycles. The van der Waals surface area contributed by atoms with Gasteiger partial charge in [0.1, 0.15) is 24.2 Å². The van der Waals surface area contributed by atoms with Crippen LogP contribution < -0.4 is 47.9 Å². The third-order valence-corrected chi connectivity index (χ3v) is 17.0. The van der Waals surface area contributed by atoms with Crippen LogP contribution in [0, 0.1) is 11.3 Å². The van der Waals surface area contributed by atoms with Gasteiger partial charge in [0.2, 0.25) is 35.4 Å². The molecule has 0 spiro atoms. The number of nitrogens with one attached hydrogen (secondary N) is 9. The van der Waals surface area contributed by atoms with Gasteiger partial charge >= 0.3 is 0 Å². The highest BCUT2D eigenvalue weighted by molar-refractivity contribution is 6.05. The first-order valence-electron chi connectivity index (χ1n) is 29.5. The summed E-state index contributed by atoms with van der Waals surface area (Å²) in [4.78, 5) is 113. The van der Waals surface area contributed by atoms with Crippen molar-refractivity contribution < 1.29 is 38.4 Å². The second-order valence-corrected chi connectivity index (χ2v) is 23.9. The number of carbonyl (C=O) groups is 8. The molecule has 1 aliphatic heterocycles.